The minimum atomic E-state index is -1.51. The van der Waals surface area contributed by atoms with Gasteiger partial charge in [0.15, 0.2) is 6.10 Å². The Hall–Kier alpha value is -3.53. The van der Waals surface area contributed by atoms with Crippen molar-refractivity contribution in [3.63, 3.8) is 0 Å². The van der Waals surface area contributed by atoms with Crippen molar-refractivity contribution in [1.29, 1.82) is 0 Å². The van der Waals surface area contributed by atoms with Crippen molar-refractivity contribution in [1.82, 2.24) is 0 Å². The molecule has 540 valence electrons. The Morgan fingerprint density at radius 1 is 0.333 bits per heavy atom. The highest BCUT2D eigenvalue weighted by molar-refractivity contribution is 5.71. The Morgan fingerprint density at radius 3 is 0.914 bits per heavy atom. The van der Waals surface area contributed by atoms with E-state index in [1.54, 1.807) is 0 Å². The molecule has 0 aromatic heterocycles. The fourth-order valence-electron chi connectivity index (χ4n) is 11.6. The van der Waals surface area contributed by atoms with Crippen molar-refractivity contribution in [2.24, 2.45) is 0 Å². The lowest BCUT2D eigenvalue weighted by molar-refractivity contribution is -0.870. The van der Waals surface area contributed by atoms with Gasteiger partial charge in [-0.25, -0.2) is 4.79 Å². The van der Waals surface area contributed by atoms with Crippen LogP contribution in [-0.2, 0) is 33.3 Å². The molecule has 0 aliphatic carbocycles. The van der Waals surface area contributed by atoms with Gasteiger partial charge in [-0.15, -0.1) is 0 Å². The molecule has 0 rings (SSSR count). The van der Waals surface area contributed by atoms with Gasteiger partial charge in [-0.05, 0) is 89.9 Å². The second-order valence-corrected chi connectivity index (χ2v) is 28.0. The standard InChI is InChI=1S/C84H151NO8/c1-6-8-10-12-14-16-18-20-22-24-26-28-30-32-34-36-38-39-40-41-42-43-45-47-49-51-53-55-57-59-61-63-65-67-69-71-73-75-82(87)93-80(79-92-84(83(88)89)90-77-76-85(3,4)5)78-91-81(86)74-72-70-68-66-64-62-60-58-56-54-52-50-48-46-44-37-35-33-31-29-27-25-23-21-19-17-15-13-11-9-7-2/h8,10,14,16,19-22,25-28,31,33,80,84H,6-7,9,11-13,15,17-18,23-24,29-30,32,34-79H2,1-5H3/p+1/b10-8-,16-14-,21-19-,22-20-,27-25-,28-26-,33-31-. The quantitative estimate of drug-likeness (QED) is 0.0211. The molecule has 0 radical (unpaired) electrons. The molecule has 0 saturated carbocycles. The highest BCUT2D eigenvalue weighted by Crippen LogP contribution is 2.19. The summed E-state index contributed by atoms with van der Waals surface area (Å²) >= 11 is 0. The van der Waals surface area contributed by atoms with Gasteiger partial charge in [0.2, 0.25) is 0 Å². The summed E-state index contributed by atoms with van der Waals surface area (Å²) in [6.45, 7) is 4.81. The summed E-state index contributed by atoms with van der Waals surface area (Å²) < 4.78 is 23.1. The molecule has 1 N–H and O–H groups in total. The number of carbonyl (C=O) groups is 3. The maximum absolute atomic E-state index is 13.0. The molecule has 0 fully saturated rings. The zero-order chi connectivity index (χ0) is 67.5. The smallest absolute Gasteiger partial charge is 0.361 e. The second kappa shape index (κ2) is 74.3. The van der Waals surface area contributed by atoms with Crippen LogP contribution in [0.1, 0.15) is 373 Å². The van der Waals surface area contributed by atoms with E-state index in [0.29, 0.717) is 17.4 Å². The molecule has 0 aromatic carbocycles. The van der Waals surface area contributed by atoms with Crippen LogP contribution in [0.15, 0.2) is 85.1 Å². The number of aliphatic carboxylic acids is 1. The van der Waals surface area contributed by atoms with Crippen molar-refractivity contribution in [3.8, 4) is 0 Å². The largest absolute Gasteiger partial charge is 0.477 e. The Kier molecular flexibility index (Phi) is 71.4. The minimum Gasteiger partial charge on any atom is -0.477 e. The number of hydrogen-bond acceptors (Lipinski definition) is 7. The summed E-state index contributed by atoms with van der Waals surface area (Å²) in [6, 6.07) is 0. The number of likely N-dealkylation sites (N-methyl/N-ethyl adjacent to an activating group) is 1. The lowest BCUT2D eigenvalue weighted by Gasteiger charge is -2.25. The first-order valence-electron chi connectivity index (χ1n) is 39.8. The molecule has 0 aliphatic heterocycles. The Balaban J connectivity index is 3.99. The van der Waals surface area contributed by atoms with Crippen LogP contribution in [0.4, 0.5) is 0 Å². The molecule has 0 aromatic rings. The van der Waals surface area contributed by atoms with Crippen LogP contribution in [0.5, 0.6) is 0 Å². The first-order chi connectivity index (χ1) is 45.6. The third-order valence-corrected chi connectivity index (χ3v) is 17.6. The monoisotopic (exact) mass is 1300 g/mol. The van der Waals surface area contributed by atoms with Gasteiger partial charge in [0.1, 0.15) is 13.2 Å². The number of allylic oxidation sites excluding steroid dienone is 14. The molecule has 9 nitrogen and oxygen atoms in total. The summed E-state index contributed by atoms with van der Waals surface area (Å²) in [4.78, 5) is 37.7. The van der Waals surface area contributed by atoms with E-state index in [0.717, 1.165) is 77.0 Å². The topological polar surface area (TPSA) is 108 Å². The van der Waals surface area contributed by atoms with Crippen LogP contribution in [0, 0.1) is 0 Å². The molecule has 2 atom stereocenters. The highest BCUT2D eigenvalue weighted by atomic mass is 16.7. The zero-order valence-corrected chi connectivity index (χ0v) is 61.9. The molecule has 0 saturated heterocycles. The molecule has 0 amide bonds. The third-order valence-electron chi connectivity index (χ3n) is 17.6. The SMILES string of the molecule is CC/C=C\C/C=C\C/C=C\C/C=C\CCCCCCCCCCCCCCCCCCCCCCCCCCC(=O)OC(COC(=O)CCCCCCCCCCCCCCCCCC/C=C\C/C=C\C/C=C\CCCCCCC)COC(OCC[N+](C)(C)C)C(=O)O. The van der Waals surface area contributed by atoms with Gasteiger partial charge < -0.3 is 28.5 Å². The van der Waals surface area contributed by atoms with Gasteiger partial charge in [-0.3, -0.25) is 9.59 Å². The number of carbonyl (C=O) groups excluding carboxylic acids is 2. The summed E-state index contributed by atoms with van der Waals surface area (Å²) in [6.07, 6.45) is 98.8. The first kappa shape index (κ1) is 89.5. The van der Waals surface area contributed by atoms with Crippen LogP contribution in [0.2, 0.25) is 0 Å². The molecule has 0 heterocycles. The summed E-state index contributed by atoms with van der Waals surface area (Å²) in [7, 11) is 5.99. The molecule has 0 aliphatic rings. The van der Waals surface area contributed by atoms with Crippen molar-refractivity contribution >= 4 is 17.9 Å². The van der Waals surface area contributed by atoms with Crippen LogP contribution in [-0.4, -0.2) is 87.4 Å². The molecule has 93 heavy (non-hydrogen) atoms. The van der Waals surface area contributed by atoms with E-state index in [4.69, 9.17) is 18.9 Å². The maximum atomic E-state index is 13.0. The number of esters is 2. The predicted molar refractivity (Wildman–Crippen MR) is 401 cm³/mol. The fraction of sp³-hybridized carbons (Fsp3) is 0.798. The molecule has 0 spiro atoms. The number of unbranched alkanes of at least 4 members (excludes halogenated alkanes) is 45. The average Bonchev–Trinajstić information content (AvgIpc) is 3.73. The van der Waals surface area contributed by atoms with Crippen molar-refractivity contribution in [3.05, 3.63) is 85.1 Å². The van der Waals surface area contributed by atoms with Crippen molar-refractivity contribution in [2.45, 2.75) is 386 Å². The molecule has 0 bridgehead atoms. The zero-order valence-electron chi connectivity index (χ0n) is 61.9. The van der Waals surface area contributed by atoms with Gasteiger partial charge in [0.25, 0.3) is 6.29 Å². The average molecular weight is 1300 g/mol. The fourth-order valence-corrected chi connectivity index (χ4v) is 11.6. The van der Waals surface area contributed by atoms with E-state index in [1.165, 1.54) is 270 Å². The number of carboxylic acids is 1. The number of quaternary nitrogens is 1. The molecular formula is C84H152NO8+. The third kappa shape index (κ3) is 75.7. The maximum Gasteiger partial charge on any atom is 0.361 e. The Morgan fingerprint density at radius 2 is 0.613 bits per heavy atom. The van der Waals surface area contributed by atoms with Gasteiger partial charge >= 0.3 is 17.9 Å². The van der Waals surface area contributed by atoms with Gasteiger partial charge in [0.05, 0.1) is 34.4 Å². The predicted octanol–water partition coefficient (Wildman–Crippen LogP) is 25.4. The Bertz CT molecular complexity index is 1810. The minimum absolute atomic E-state index is 0.179. The van der Waals surface area contributed by atoms with Crippen molar-refractivity contribution in [2.75, 3.05) is 47.5 Å². The highest BCUT2D eigenvalue weighted by Gasteiger charge is 2.25. The molecule has 9 heteroatoms. The first-order valence-corrected chi connectivity index (χ1v) is 39.8. The number of carboxylic acid groups (broad SMARTS) is 1. The van der Waals surface area contributed by atoms with Gasteiger partial charge in [-0.2, -0.15) is 0 Å². The second-order valence-electron chi connectivity index (χ2n) is 28.0. The van der Waals surface area contributed by atoms with E-state index >= 15 is 0 Å². The van der Waals surface area contributed by atoms with Crippen LogP contribution < -0.4 is 0 Å². The van der Waals surface area contributed by atoms with E-state index in [-0.39, 0.29) is 38.2 Å². The lowest BCUT2D eigenvalue weighted by atomic mass is 10.0. The summed E-state index contributed by atoms with van der Waals surface area (Å²) in [5, 5.41) is 9.77. The summed E-state index contributed by atoms with van der Waals surface area (Å²) in [5.41, 5.74) is 0. The number of ether oxygens (including phenoxy) is 4. The van der Waals surface area contributed by atoms with E-state index < -0.39 is 18.4 Å². The van der Waals surface area contributed by atoms with E-state index in [1.807, 2.05) is 21.1 Å². The summed E-state index contributed by atoms with van der Waals surface area (Å²) in [5.74, 6) is -1.98. The van der Waals surface area contributed by atoms with E-state index in [9.17, 15) is 19.5 Å². The number of nitrogens with zero attached hydrogens (tertiary/aromatic N) is 1. The van der Waals surface area contributed by atoms with Crippen molar-refractivity contribution < 1.29 is 42.9 Å². The van der Waals surface area contributed by atoms with Crippen LogP contribution in [0.3, 0.4) is 0 Å². The van der Waals surface area contributed by atoms with Crippen LogP contribution in [0.25, 0.3) is 0 Å². The lowest BCUT2D eigenvalue weighted by Crippen LogP contribution is -2.40. The molecule has 2 unspecified atom stereocenters. The van der Waals surface area contributed by atoms with E-state index in [2.05, 4.69) is 98.9 Å². The van der Waals surface area contributed by atoms with Crippen LogP contribution >= 0.6 is 0 Å². The normalized spacial score (nSPS) is 13.1. The molecular weight excluding hydrogens is 1150 g/mol. The Labute approximate surface area is 576 Å². The number of hydrogen-bond donors (Lipinski definition) is 1. The van der Waals surface area contributed by atoms with Gasteiger partial charge in [-0.1, -0.05) is 356 Å². The number of rotatable bonds is 74. The van der Waals surface area contributed by atoms with Gasteiger partial charge in [0, 0.05) is 12.8 Å².